The molecule has 1 saturated heterocycles. The highest BCUT2D eigenvalue weighted by molar-refractivity contribution is 5.84. The topological polar surface area (TPSA) is 57.3 Å². The first-order chi connectivity index (χ1) is 9.20. The molecule has 104 valence electrons. The largest absolute Gasteiger partial charge is 0.373 e. The van der Waals surface area contributed by atoms with E-state index in [1.165, 1.54) is 6.42 Å². The van der Waals surface area contributed by atoms with Crippen LogP contribution in [-0.2, 0) is 4.79 Å². The summed E-state index contributed by atoms with van der Waals surface area (Å²) in [6.07, 6.45) is 3.47. The van der Waals surface area contributed by atoms with E-state index in [1.807, 2.05) is 37.1 Å². The molecule has 19 heavy (non-hydrogen) atoms. The van der Waals surface area contributed by atoms with Crippen molar-refractivity contribution in [2.24, 2.45) is 0 Å². The molecule has 0 saturated carbocycles. The molecular weight excluding hydrogens is 240 g/mol. The van der Waals surface area contributed by atoms with E-state index in [9.17, 15) is 4.79 Å². The minimum atomic E-state index is -0.238. The van der Waals surface area contributed by atoms with E-state index in [0.717, 1.165) is 37.6 Å². The number of nitrogens with zero attached hydrogens (tertiary/aromatic N) is 2. The fourth-order valence-electron chi connectivity index (χ4n) is 2.33. The molecular formula is C14H22N4O. The van der Waals surface area contributed by atoms with Crippen molar-refractivity contribution in [2.75, 3.05) is 30.8 Å². The number of hydrogen-bond donors (Lipinski definition) is 2. The lowest BCUT2D eigenvalue weighted by atomic mass is 10.1. The predicted molar refractivity (Wildman–Crippen MR) is 77.3 cm³/mol. The maximum absolute atomic E-state index is 12.3. The van der Waals surface area contributed by atoms with Crippen molar-refractivity contribution >= 4 is 17.5 Å². The molecule has 1 aromatic heterocycles. The predicted octanol–water partition coefficient (Wildman–Crippen LogP) is 1.94. The van der Waals surface area contributed by atoms with Gasteiger partial charge in [-0.3, -0.25) is 4.79 Å². The van der Waals surface area contributed by atoms with Crippen molar-refractivity contribution in [3.63, 3.8) is 0 Å². The van der Waals surface area contributed by atoms with E-state index in [0.29, 0.717) is 0 Å². The first-order valence-electron chi connectivity index (χ1n) is 6.91. The second kappa shape index (κ2) is 6.41. The number of amides is 1. The van der Waals surface area contributed by atoms with Gasteiger partial charge in [0.1, 0.15) is 17.7 Å². The molecule has 2 rings (SSSR count). The molecule has 0 aromatic carbocycles. The zero-order valence-electron chi connectivity index (χ0n) is 11.6. The van der Waals surface area contributed by atoms with Crippen LogP contribution in [-0.4, -0.2) is 42.0 Å². The third-order valence-corrected chi connectivity index (χ3v) is 3.41. The van der Waals surface area contributed by atoms with Crippen LogP contribution in [0.2, 0.25) is 0 Å². The molecule has 0 spiro atoms. The number of nitrogens with one attached hydrogen (secondary N) is 2. The normalized spacial score (nSPS) is 16.8. The summed E-state index contributed by atoms with van der Waals surface area (Å²) < 4.78 is 0. The van der Waals surface area contributed by atoms with Crippen LogP contribution in [0.5, 0.6) is 0 Å². The van der Waals surface area contributed by atoms with Crippen molar-refractivity contribution in [3.8, 4) is 0 Å². The summed E-state index contributed by atoms with van der Waals surface area (Å²) in [5.74, 6) is 1.68. The molecule has 0 aliphatic carbocycles. The lowest BCUT2D eigenvalue weighted by molar-refractivity contribution is -0.132. The van der Waals surface area contributed by atoms with Gasteiger partial charge in [0.25, 0.3) is 0 Å². The summed E-state index contributed by atoms with van der Waals surface area (Å²) in [5, 5.41) is 6.16. The number of carbonyl (C=O) groups is 1. The summed E-state index contributed by atoms with van der Waals surface area (Å²) in [4.78, 5) is 18.6. The third kappa shape index (κ3) is 3.59. The van der Waals surface area contributed by atoms with E-state index in [4.69, 9.17) is 0 Å². The van der Waals surface area contributed by atoms with Gasteiger partial charge in [-0.25, -0.2) is 4.98 Å². The maximum atomic E-state index is 12.3. The number of pyridine rings is 1. The highest BCUT2D eigenvalue weighted by atomic mass is 16.2. The Bertz CT molecular complexity index is 429. The van der Waals surface area contributed by atoms with E-state index < -0.39 is 0 Å². The van der Waals surface area contributed by atoms with Gasteiger partial charge in [0.05, 0.1) is 0 Å². The number of rotatable bonds is 4. The summed E-state index contributed by atoms with van der Waals surface area (Å²) in [5.41, 5.74) is 0. The Kier molecular flexibility index (Phi) is 4.60. The van der Waals surface area contributed by atoms with Crippen LogP contribution in [0.25, 0.3) is 0 Å². The molecule has 1 aliphatic heterocycles. The number of carbonyl (C=O) groups excluding carboxylic acids is 1. The van der Waals surface area contributed by atoms with Gasteiger partial charge in [-0.15, -0.1) is 0 Å². The average Bonchev–Trinajstić information content (AvgIpc) is 2.47. The van der Waals surface area contributed by atoms with Crippen LogP contribution in [0.3, 0.4) is 0 Å². The van der Waals surface area contributed by atoms with Crippen LogP contribution < -0.4 is 10.6 Å². The van der Waals surface area contributed by atoms with Gasteiger partial charge in [-0.2, -0.15) is 0 Å². The Labute approximate surface area is 114 Å². The zero-order chi connectivity index (χ0) is 13.7. The summed E-state index contributed by atoms with van der Waals surface area (Å²) in [7, 11) is 1.83. The van der Waals surface area contributed by atoms with Crippen LogP contribution in [0.1, 0.15) is 26.2 Å². The van der Waals surface area contributed by atoms with E-state index in [-0.39, 0.29) is 11.9 Å². The Morgan fingerprint density at radius 1 is 1.26 bits per heavy atom. The molecule has 1 atom stereocenters. The lowest BCUT2D eigenvalue weighted by Gasteiger charge is -2.29. The second-order valence-electron chi connectivity index (χ2n) is 4.91. The number of hydrogen-bond acceptors (Lipinski definition) is 4. The molecule has 2 N–H and O–H groups in total. The van der Waals surface area contributed by atoms with Gasteiger partial charge in [0.15, 0.2) is 0 Å². The molecule has 5 heteroatoms. The minimum absolute atomic E-state index is 0.163. The van der Waals surface area contributed by atoms with Gasteiger partial charge in [0.2, 0.25) is 5.91 Å². The van der Waals surface area contributed by atoms with Gasteiger partial charge in [-0.05, 0) is 38.3 Å². The molecule has 2 heterocycles. The molecule has 1 aromatic rings. The van der Waals surface area contributed by atoms with Gasteiger partial charge in [-0.1, -0.05) is 6.07 Å². The first kappa shape index (κ1) is 13.6. The highest BCUT2D eigenvalue weighted by Gasteiger charge is 2.22. The molecule has 5 nitrogen and oxygen atoms in total. The average molecular weight is 262 g/mol. The standard InChI is InChI=1S/C14H22N4O/c1-11(14(19)18-9-4-3-5-10-18)16-13-8-6-7-12(15-2)17-13/h6-8,11H,3-5,9-10H2,1-2H3,(H2,15,16,17). The maximum Gasteiger partial charge on any atom is 0.244 e. The SMILES string of the molecule is CNc1cccc(NC(C)C(=O)N2CCCCC2)n1. The fraction of sp³-hybridized carbons (Fsp3) is 0.571. The number of aromatic nitrogens is 1. The van der Waals surface area contributed by atoms with E-state index in [1.54, 1.807) is 0 Å². The molecule has 1 unspecified atom stereocenters. The van der Waals surface area contributed by atoms with Crippen LogP contribution >= 0.6 is 0 Å². The van der Waals surface area contributed by atoms with Crippen molar-refractivity contribution in [1.29, 1.82) is 0 Å². The first-order valence-corrected chi connectivity index (χ1v) is 6.91. The van der Waals surface area contributed by atoms with E-state index in [2.05, 4.69) is 15.6 Å². The Hall–Kier alpha value is -1.78. The molecule has 1 aliphatic rings. The van der Waals surface area contributed by atoms with Crippen molar-refractivity contribution in [3.05, 3.63) is 18.2 Å². The summed E-state index contributed by atoms with van der Waals surface area (Å²) in [6, 6.07) is 5.44. The highest BCUT2D eigenvalue weighted by Crippen LogP contribution is 2.13. The summed E-state index contributed by atoms with van der Waals surface area (Å²) in [6.45, 7) is 3.66. The Morgan fingerprint density at radius 3 is 2.63 bits per heavy atom. The van der Waals surface area contributed by atoms with E-state index >= 15 is 0 Å². The van der Waals surface area contributed by atoms with Crippen LogP contribution in [0, 0.1) is 0 Å². The molecule has 1 fully saturated rings. The Morgan fingerprint density at radius 2 is 1.95 bits per heavy atom. The van der Waals surface area contributed by atoms with Crippen molar-refractivity contribution in [1.82, 2.24) is 9.88 Å². The monoisotopic (exact) mass is 262 g/mol. The molecule has 1 amide bonds. The zero-order valence-corrected chi connectivity index (χ0v) is 11.6. The van der Waals surface area contributed by atoms with Crippen molar-refractivity contribution in [2.45, 2.75) is 32.2 Å². The number of piperidine rings is 1. The lowest BCUT2D eigenvalue weighted by Crippen LogP contribution is -2.44. The van der Waals surface area contributed by atoms with Gasteiger partial charge >= 0.3 is 0 Å². The fourth-order valence-corrected chi connectivity index (χ4v) is 2.33. The van der Waals surface area contributed by atoms with Gasteiger partial charge in [0, 0.05) is 20.1 Å². The Balaban J connectivity index is 1.95. The quantitative estimate of drug-likeness (QED) is 0.870. The third-order valence-electron chi connectivity index (χ3n) is 3.41. The second-order valence-corrected chi connectivity index (χ2v) is 4.91. The summed E-state index contributed by atoms with van der Waals surface area (Å²) >= 11 is 0. The van der Waals surface area contributed by atoms with Crippen molar-refractivity contribution < 1.29 is 4.79 Å². The van der Waals surface area contributed by atoms with Crippen LogP contribution in [0.15, 0.2) is 18.2 Å². The number of likely N-dealkylation sites (tertiary alicyclic amines) is 1. The smallest absolute Gasteiger partial charge is 0.244 e. The number of anilines is 2. The van der Waals surface area contributed by atoms with Gasteiger partial charge < -0.3 is 15.5 Å². The molecule has 0 bridgehead atoms. The molecule has 0 radical (unpaired) electrons. The minimum Gasteiger partial charge on any atom is -0.373 e. The van der Waals surface area contributed by atoms with Crippen LogP contribution in [0.4, 0.5) is 11.6 Å².